The third-order valence-electron chi connectivity index (χ3n) is 2.88. The third kappa shape index (κ3) is 3.36. The molecule has 0 bridgehead atoms. The Labute approximate surface area is 113 Å². The first-order chi connectivity index (χ1) is 8.82. The predicted octanol–water partition coefficient (Wildman–Crippen LogP) is 1.20. The molecule has 104 valence electrons. The molecule has 1 heterocycles. The van der Waals surface area contributed by atoms with Gasteiger partial charge in [0.2, 0.25) is 0 Å². The van der Waals surface area contributed by atoms with E-state index in [0.29, 0.717) is 5.69 Å². The van der Waals surface area contributed by atoms with Gasteiger partial charge in [0.05, 0.1) is 22.4 Å². The molecule has 0 amide bonds. The van der Waals surface area contributed by atoms with E-state index in [-0.39, 0.29) is 22.4 Å². The lowest BCUT2D eigenvalue weighted by Gasteiger charge is -2.11. The maximum atomic E-state index is 11.6. The van der Waals surface area contributed by atoms with Gasteiger partial charge in [-0.05, 0) is 24.3 Å². The molecule has 1 N–H and O–H groups in total. The Morgan fingerprint density at radius 2 is 1.89 bits per heavy atom. The van der Waals surface area contributed by atoms with Crippen molar-refractivity contribution in [3.8, 4) is 0 Å². The highest BCUT2D eigenvalue weighted by atomic mass is 32.2. The minimum atomic E-state index is -3.20. The van der Waals surface area contributed by atoms with Gasteiger partial charge in [0, 0.05) is 11.1 Å². The Bertz CT molecular complexity index is 688. The number of benzene rings is 1. The zero-order valence-corrected chi connectivity index (χ0v) is 12.0. The van der Waals surface area contributed by atoms with E-state index >= 15 is 0 Å². The minimum absolute atomic E-state index is 0.0298. The summed E-state index contributed by atoms with van der Waals surface area (Å²) in [6.45, 7) is 1.59. The van der Waals surface area contributed by atoms with E-state index in [1.54, 1.807) is 25.1 Å². The van der Waals surface area contributed by atoms with Crippen LogP contribution >= 0.6 is 0 Å². The summed E-state index contributed by atoms with van der Waals surface area (Å²) in [7, 11) is -6.29. The fraction of sp³-hybridized carbons (Fsp3) is 0.333. The highest BCUT2D eigenvalue weighted by molar-refractivity contribution is 7.94. The molecule has 0 saturated carbocycles. The molecule has 19 heavy (non-hydrogen) atoms. The number of hydrogen-bond acceptors (Lipinski definition) is 5. The molecular formula is C12H15NO4S2. The Hall–Kier alpha value is -1.34. The van der Waals surface area contributed by atoms with Crippen molar-refractivity contribution in [1.82, 2.24) is 0 Å². The smallest absolute Gasteiger partial charge is 0.178 e. The molecular weight excluding hydrogens is 286 g/mol. The molecule has 0 radical (unpaired) electrons. The average molecular weight is 301 g/mol. The summed E-state index contributed by atoms with van der Waals surface area (Å²) in [5.41, 5.74) is 0.696. The van der Waals surface area contributed by atoms with Gasteiger partial charge in [0.1, 0.15) is 0 Å². The number of sulfone groups is 2. The van der Waals surface area contributed by atoms with Crippen LogP contribution in [-0.2, 0) is 19.7 Å². The molecule has 0 spiro atoms. The number of nitrogens with one attached hydrogen (secondary N) is 1. The Morgan fingerprint density at radius 3 is 2.37 bits per heavy atom. The summed E-state index contributed by atoms with van der Waals surface area (Å²) in [6, 6.07) is 6.06. The van der Waals surface area contributed by atoms with Crippen molar-refractivity contribution in [3.05, 3.63) is 35.7 Å². The third-order valence-corrected chi connectivity index (χ3v) is 6.02. The molecule has 1 atom stereocenters. The number of hydrogen-bond donors (Lipinski definition) is 1. The number of rotatable bonds is 4. The normalized spacial score (nSPS) is 21.4. The summed E-state index contributed by atoms with van der Waals surface area (Å²) in [5.74, 6) is 0.0887. The molecule has 0 saturated heterocycles. The summed E-state index contributed by atoms with van der Waals surface area (Å²) in [5, 5.41) is 4.23. The molecule has 1 aliphatic rings. The van der Waals surface area contributed by atoms with Gasteiger partial charge in [-0.1, -0.05) is 13.0 Å². The van der Waals surface area contributed by atoms with E-state index in [1.165, 1.54) is 17.5 Å². The van der Waals surface area contributed by atoms with Crippen LogP contribution in [0.1, 0.15) is 6.92 Å². The van der Waals surface area contributed by atoms with E-state index in [4.69, 9.17) is 0 Å². The second-order valence-electron chi connectivity index (χ2n) is 4.34. The fourth-order valence-corrected chi connectivity index (χ4v) is 3.92. The van der Waals surface area contributed by atoms with Gasteiger partial charge < -0.3 is 5.32 Å². The summed E-state index contributed by atoms with van der Waals surface area (Å²) in [6.07, 6.45) is 1.59. The van der Waals surface area contributed by atoms with Crippen LogP contribution in [0, 0.1) is 0 Å². The quantitative estimate of drug-likeness (QED) is 0.904. The first-order valence-electron chi connectivity index (χ1n) is 5.83. The van der Waals surface area contributed by atoms with Gasteiger partial charge in [0.15, 0.2) is 19.7 Å². The van der Waals surface area contributed by atoms with Crippen LogP contribution in [0.4, 0.5) is 5.69 Å². The SMILES string of the molecule is CCS(=O)(=O)c1ccc(NC2C=CS(=O)(=O)C2)cc1. The standard InChI is InChI=1S/C12H15NO4S2/c1-2-19(16,17)12-5-3-10(4-6-12)13-11-7-8-18(14,15)9-11/h3-8,11,13H,2,9H2,1H3. The molecule has 1 aliphatic heterocycles. The lowest BCUT2D eigenvalue weighted by atomic mass is 10.2. The van der Waals surface area contributed by atoms with Crippen molar-refractivity contribution >= 4 is 25.4 Å². The second kappa shape index (κ2) is 4.97. The molecule has 5 nitrogen and oxygen atoms in total. The van der Waals surface area contributed by atoms with Crippen LogP contribution in [0.15, 0.2) is 40.6 Å². The Morgan fingerprint density at radius 1 is 1.26 bits per heavy atom. The van der Waals surface area contributed by atoms with Gasteiger partial charge >= 0.3 is 0 Å². The van der Waals surface area contributed by atoms with Gasteiger partial charge in [-0.2, -0.15) is 0 Å². The topological polar surface area (TPSA) is 80.3 Å². The lowest BCUT2D eigenvalue weighted by Crippen LogP contribution is -2.20. The zero-order valence-electron chi connectivity index (χ0n) is 10.4. The molecule has 2 rings (SSSR count). The summed E-state index contributed by atoms with van der Waals surface area (Å²) in [4.78, 5) is 0.273. The van der Waals surface area contributed by atoms with E-state index < -0.39 is 19.7 Å². The predicted molar refractivity (Wildman–Crippen MR) is 74.5 cm³/mol. The molecule has 0 aliphatic carbocycles. The van der Waals surface area contributed by atoms with Crippen molar-refractivity contribution in [3.63, 3.8) is 0 Å². The lowest BCUT2D eigenvalue weighted by molar-refractivity contribution is 0.597. The summed E-state index contributed by atoms with van der Waals surface area (Å²) >= 11 is 0. The van der Waals surface area contributed by atoms with Crippen LogP contribution in [0.5, 0.6) is 0 Å². The largest absolute Gasteiger partial charge is 0.378 e. The maximum Gasteiger partial charge on any atom is 0.178 e. The maximum absolute atomic E-state index is 11.6. The van der Waals surface area contributed by atoms with E-state index in [1.807, 2.05) is 0 Å². The number of anilines is 1. The first kappa shape index (κ1) is 14.1. The van der Waals surface area contributed by atoms with Crippen molar-refractivity contribution < 1.29 is 16.8 Å². The van der Waals surface area contributed by atoms with Crippen LogP contribution in [0.3, 0.4) is 0 Å². The van der Waals surface area contributed by atoms with Crippen LogP contribution in [-0.4, -0.2) is 34.4 Å². The van der Waals surface area contributed by atoms with Crippen molar-refractivity contribution in [1.29, 1.82) is 0 Å². The molecule has 0 aromatic heterocycles. The zero-order chi connectivity index (χ0) is 14.1. The average Bonchev–Trinajstić information content (AvgIpc) is 2.69. The highest BCUT2D eigenvalue weighted by Gasteiger charge is 2.21. The minimum Gasteiger partial charge on any atom is -0.378 e. The van der Waals surface area contributed by atoms with Crippen LogP contribution in [0.25, 0.3) is 0 Å². The molecule has 1 aromatic rings. The van der Waals surface area contributed by atoms with E-state index in [0.717, 1.165) is 0 Å². The van der Waals surface area contributed by atoms with Crippen LogP contribution in [0.2, 0.25) is 0 Å². The fourth-order valence-electron chi connectivity index (χ4n) is 1.80. The Balaban J connectivity index is 2.11. The van der Waals surface area contributed by atoms with Crippen molar-refractivity contribution in [2.24, 2.45) is 0 Å². The highest BCUT2D eigenvalue weighted by Crippen LogP contribution is 2.18. The van der Waals surface area contributed by atoms with E-state index in [2.05, 4.69) is 5.32 Å². The monoisotopic (exact) mass is 301 g/mol. The molecule has 7 heteroatoms. The molecule has 1 aromatic carbocycles. The summed E-state index contributed by atoms with van der Waals surface area (Å²) < 4.78 is 45.8. The van der Waals surface area contributed by atoms with Crippen molar-refractivity contribution in [2.45, 2.75) is 17.9 Å². The molecule has 0 fully saturated rings. The molecule has 1 unspecified atom stereocenters. The van der Waals surface area contributed by atoms with Gasteiger partial charge in [-0.3, -0.25) is 0 Å². The van der Waals surface area contributed by atoms with Gasteiger partial charge in [0.25, 0.3) is 0 Å². The Kier molecular flexibility index (Phi) is 3.69. The van der Waals surface area contributed by atoms with E-state index in [9.17, 15) is 16.8 Å². The van der Waals surface area contributed by atoms with Crippen LogP contribution < -0.4 is 5.32 Å². The van der Waals surface area contributed by atoms with Gasteiger partial charge in [-0.25, -0.2) is 16.8 Å². The van der Waals surface area contributed by atoms with Gasteiger partial charge in [-0.15, -0.1) is 0 Å². The first-order valence-corrected chi connectivity index (χ1v) is 9.19. The van der Waals surface area contributed by atoms with Crippen molar-refractivity contribution in [2.75, 3.05) is 16.8 Å². The second-order valence-corrected chi connectivity index (χ2v) is 8.55.